The average molecular weight is 327 g/mol. The van der Waals surface area contributed by atoms with E-state index in [0.717, 1.165) is 12.6 Å². The zero-order valence-electron chi connectivity index (χ0n) is 12.3. The zero-order valence-corrected chi connectivity index (χ0v) is 12.3. The lowest BCUT2D eigenvalue weighted by Gasteiger charge is -2.37. The number of carbonyl (C=O) groups excluding carboxylic acids is 1. The Kier molecular flexibility index (Phi) is 3.87. The summed E-state index contributed by atoms with van der Waals surface area (Å²) in [5.74, 6) is -2.20. The smallest absolute Gasteiger partial charge is 0.362 e. The Morgan fingerprint density at radius 2 is 2.13 bits per heavy atom. The van der Waals surface area contributed by atoms with Crippen LogP contribution in [0.15, 0.2) is 29.6 Å². The SMILES string of the molecule is O=C(c1cccnc1)N1N=C2CCCCC[C@H]2[C@]1(O)C(F)(F)F. The summed E-state index contributed by atoms with van der Waals surface area (Å²) in [6, 6.07) is 2.79. The van der Waals surface area contributed by atoms with Crippen molar-refractivity contribution in [3.63, 3.8) is 0 Å². The molecule has 0 saturated heterocycles. The van der Waals surface area contributed by atoms with Crippen molar-refractivity contribution < 1.29 is 23.1 Å². The first-order chi connectivity index (χ1) is 10.9. The summed E-state index contributed by atoms with van der Waals surface area (Å²) in [7, 11) is 0. The minimum Gasteiger partial charge on any atom is -0.362 e. The van der Waals surface area contributed by atoms with Crippen molar-refractivity contribution in [3.05, 3.63) is 30.1 Å². The number of hydrogen-bond donors (Lipinski definition) is 1. The minimum atomic E-state index is -4.99. The van der Waals surface area contributed by atoms with E-state index in [-0.39, 0.29) is 22.7 Å². The summed E-state index contributed by atoms with van der Waals surface area (Å²) in [5.41, 5.74) is -3.09. The monoisotopic (exact) mass is 327 g/mol. The Labute approximate surface area is 130 Å². The normalized spacial score (nSPS) is 28.1. The second-order valence-electron chi connectivity index (χ2n) is 5.83. The van der Waals surface area contributed by atoms with Crippen molar-refractivity contribution in [2.45, 2.75) is 44.0 Å². The van der Waals surface area contributed by atoms with E-state index in [2.05, 4.69) is 10.1 Å². The first kappa shape index (κ1) is 15.9. The molecule has 0 bridgehead atoms. The molecule has 1 fully saturated rings. The molecule has 2 heterocycles. The number of hydrazone groups is 1. The molecule has 1 aromatic heterocycles. The fourth-order valence-corrected chi connectivity index (χ4v) is 3.21. The van der Waals surface area contributed by atoms with Crippen LogP contribution in [-0.2, 0) is 0 Å². The van der Waals surface area contributed by atoms with Crippen LogP contribution in [0.25, 0.3) is 0 Å². The highest BCUT2D eigenvalue weighted by atomic mass is 19.4. The molecular formula is C15H16F3N3O2. The van der Waals surface area contributed by atoms with Crippen LogP contribution in [-0.4, -0.2) is 38.6 Å². The summed E-state index contributed by atoms with van der Waals surface area (Å²) in [6.45, 7) is 0. The summed E-state index contributed by atoms with van der Waals surface area (Å²) in [4.78, 5) is 16.2. The van der Waals surface area contributed by atoms with Gasteiger partial charge in [-0.2, -0.15) is 23.3 Å². The van der Waals surface area contributed by atoms with Crippen molar-refractivity contribution in [2.24, 2.45) is 11.0 Å². The maximum atomic E-state index is 13.6. The van der Waals surface area contributed by atoms with Crippen LogP contribution in [0.5, 0.6) is 0 Å². The maximum Gasteiger partial charge on any atom is 0.439 e. The molecular weight excluding hydrogens is 311 g/mol. The topological polar surface area (TPSA) is 65.8 Å². The van der Waals surface area contributed by atoms with Gasteiger partial charge in [0.25, 0.3) is 11.6 Å². The van der Waals surface area contributed by atoms with Crippen molar-refractivity contribution >= 4 is 11.6 Å². The second kappa shape index (κ2) is 5.59. The number of aromatic nitrogens is 1. The van der Waals surface area contributed by atoms with E-state index in [1.54, 1.807) is 0 Å². The molecule has 3 rings (SSSR count). The van der Waals surface area contributed by atoms with Crippen LogP contribution in [0.2, 0.25) is 0 Å². The van der Waals surface area contributed by atoms with Gasteiger partial charge in [-0.3, -0.25) is 9.78 Å². The van der Waals surface area contributed by atoms with Gasteiger partial charge in [-0.1, -0.05) is 12.8 Å². The number of pyridine rings is 1. The van der Waals surface area contributed by atoms with Crippen molar-refractivity contribution in [1.29, 1.82) is 0 Å². The molecule has 1 aromatic rings. The molecule has 1 amide bonds. The van der Waals surface area contributed by atoms with Gasteiger partial charge in [0.1, 0.15) is 0 Å². The molecule has 1 aliphatic heterocycles. The number of nitrogens with zero attached hydrogens (tertiary/aromatic N) is 3. The zero-order chi connectivity index (χ0) is 16.7. The summed E-state index contributed by atoms with van der Waals surface area (Å²) >= 11 is 0. The lowest BCUT2D eigenvalue weighted by molar-refractivity contribution is -0.312. The predicted molar refractivity (Wildman–Crippen MR) is 75.4 cm³/mol. The predicted octanol–water partition coefficient (Wildman–Crippen LogP) is 2.72. The van der Waals surface area contributed by atoms with Crippen LogP contribution in [0.1, 0.15) is 42.5 Å². The molecule has 0 aromatic carbocycles. The Balaban J connectivity index is 2.04. The quantitative estimate of drug-likeness (QED) is 0.862. The highest BCUT2D eigenvalue weighted by Gasteiger charge is 2.68. The Bertz CT molecular complexity index is 633. The second-order valence-corrected chi connectivity index (χ2v) is 5.83. The van der Waals surface area contributed by atoms with E-state index in [1.807, 2.05) is 0 Å². The maximum absolute atomic E-state index is 13.6. The van der Waals surface area contributed by atoms with Gasteiger partial charge in [0.15, 0.2) is 0 Å². The minimum absolute atomic E-state index is 0.0454. The largest absolute Gasteiger partial charge is 0.439 e. The molecule has 1 saturated carbocycles. The molecule has 0 unspecified atom stereocenters. The molecule has 5 nitrogen and oxygen atoms in total. The Morgan fingerprint density at radius 3 is 2.78 bits per heavy atom. The van der Waals surface area contributed by atoms with Crippen LogP contribution in [0, 0.1) is 5.92 Å². The Morgan fingerprint density at radius 1 is 1.35 bits per heavy atom. The van der Waals surface area contributed by atoms with E-state index in [1.165, 1.54) is 18.3 Å². The first-order valence-corrected chi connectivity index (χ1v) is 7.47. The first-order valence-electron chi connectivity index (χ1n) is 7.47. The van der Waals surface area contributed by atoms with E-state index in [0.29, 0.717) is 19.3 Å². The van der Waals surface area contributed by atoms with Gasteiger partial charge in [0.05, 0.1) is 11.5 Å². The van der Waals surface area contributed by atoms with E-state index < -0.39 is 23.7 Å². The third-order valence-corrected chi connectivity index (χ3v) is 4.38. The van der Waals surface area contributed by atoms with Crippen LogP contribution >= 0.6 is 0 Å². The molecule has 2 atom stereocenters. The summed E-state index contributed by atoms with van der Waals surface area (Å²) < 4.78 is 40.9. The highest BCUT2D eigenvalue weighted by Crippen LogP contribution is 2.47. The van der Waals surface area contributed by atoms with Gasteiger partial charge in [-0.25, -0.2) is 0 Å². The lowest BCUT2D eigenvalue weighted by Crippen LogP contribution is -2.61. The molecule has 8 heteroatoms. The lowest BCUT2D eigenvalue weighted by atomic mass is 9.87. The number of aliphatic hydroxyl groups is 1. The van der Waals surface area contributed by atoms with Gasteiger partial charge in [0.2, 0.25) is 0 Å². The molecule has 124 valence electrons. The number of amides is 1. The fourth-order valence-electron chi connectivity index (χ4n) is 3.21. The Hall–Kier alpha value is -1.96. The molecule has 1 aliphatic carbocycles. The number of rotatable bonds is 1. The van der Waals surface area contributed by atoms with Crippen molar-refractivity contribution in [3.8, 4) is 0 Å². The van der Waals surface area contributed by atoms with Crippen LogP contribution in [0.4, 0.5) is 13.2 Å². The number of fused-ring (bicyclic) bond motifs is 1. The summed E-state index contributed by atoms with van der Waals surface area (Å²) in [6.07, 6.45) is 0.159. The van der Waals surface area contributed by atoms with Crippen molar-refractivity contribution in [1.82, 2.24) is 9.99 Å². The summed E-state index contributed by atoms with van der Waals surface area (Å²) in [5, 5.41) is 14.6. The third-order valence-electron chi connectivity index (χ3n) is 4.38. The van der Waals surface area contributed by atoms with E-state index in [4.69, 9.17) is 0 Å². The fraction of sp³-hybridized carbons (Fsp3) is 0.533. The molecule has 0 spiro atoms. The number of hydrogen-bond acceptors (Lipinski definition) is 4. The molecule has 2 aliphatic rings. The molecule has 23 heavy (non-hydrogen) atoms. The number of halogens is 3. The van der Waals surface area contributed by atoms with E-state index in [9.17, 15) is 23.1 Å². The van der Waals surface area contributed by atoms with Gasteiger partial charge >= 0.3 is 6.18 Å². The standard InChI is InChI=1S/C15H16F3N3O2/c16-15(17,18)14(23)11-6-2-1-3-7-12(11)20-21(14)13(22)10-5-4-8-19-9-10/h4-5,8-9,11,23H,1-3,6-7H2/t11-,14+/m1/s1. The van der Waals surface area contributed by atoms with Gasteiger partial charge in [-0.05, 0) is 31.4 Å². The van der Waals surface area contributed by atoms with Gasteiger partial charge in [0, 0.05) is 18.1 Å². The van der Waals surface area contributed by atoms with Gasteiger partial charge < -0.3 is 5.11 Å². The number of carbonyl (C=O) groups is 1. The van der Waals surface area contributed by atoms with Crippen LogP contribution < -0.4 is 0 Å². The third kappa shape index (κ3) is 2.50. The molecule has 1 N–H and O–H groups in total. The van der Waals surface area contributed by atoms with Gasteiger partial charge in [-0.15, -0.1) is 0 Å². The van der Waals surface area contributed by atoms with E-state index >= 15 is 0 Å². The molecule has 0 radical (unpaired) electrons. The average Bonchev–Trinajstić information content (AvgIpc) is 2.68. The van der Waals surface area contributed by atoms with Crippen LogP contribution in [0.3, 0.4) is 0 Å². The van der Waals surface area contributed by atoms with Crippen molar-refractivity contribution in [2.75, 3.05) is 0 Å². The highest BCUT2D eigenvalue weighted by molar-refractivity contribution is 5.99. The number of alkyl halides is 3.